The predicted molar refractivity (Wildman–Crippen MR) is 132 cm³/mol. The molecule has 1 fully saturated rings. The average molecular weight is 461 g/mol. The van der Waals surface area contributed by atoms with Gasteiger partial charge in [-0.3, -0.25) is 9.48 Å². The molecule has 0 bridgehead atoms. The maximum absolute atomic E-state index is 13.2. The number of rotatable bonds is 5. The number of hydrogen-bond donors (Lipinski definition) is 1. The molecule has 170 valence electrons. The molecule has 0 aliphatic carbocycles. The minimum absolute atomic E-state index is 0.0715. The van der Waals surface area contributed by atoms with E-state index in [2.05, 4.69) is 59.6 Å². The van der Waals surface area contributed by atoms with E-state index in [9.17, 15) is 4.79 Å². The van der Waals surface area contributed by atoms with Crippen LogP contribution in [0.2, 0.25) is 0 Å². The van der Waals surface area contributed by atoms with Crippen molar-refractivity contribution in [2.24, 2.45) is 12.5 Å². The summed E-state index contributed by atoms with van der Waals surface area (Å²) in [6, 6.07) is 14.6. The highest BCUT2D eigenvalue weighted by molar-refractivity contribution is 7.16. The Labute approximate surface area is 197 Å². The summed E-state index contributed by atoms with van der Waals surface area (Å²) in [4.78, 5) is 18.7. The summed E-state index contributed by atoms with van der Waals surface area (Å²) in [5.41, 5.74) is 4.73. The Morgan fingerprint density at radius 2 is 2.06 bits per heavy atom. The summed E-state index contributed by atoms with van der Waals surface area (Å²) in [5, 5.41) is 10.8. The molecule has 1 amide bonds. The third-order valence-electron chi connectivity index (χ3n) is 6.39. The molecule has 7 heteroatoms. The lowest BCUT2D eigenvalue weighted by atomic mass is 9.82. The number of ether oxygens (including phenoxy) is 1. The average Bonchev–Trinajstić information content (AvgIpc) is 3.44. The number of carbonyl (C=O) groups is 1. The maximum Gasteiger partial charge on any atom is 0.270 e. The Kier molecular flexibility index (Phi) is 5.76. The molecule has 1 atom stereocenters. The molecule has 1 aliphatic heterocycles. The van der Waals surface area contributed by atoms with Crippen molar-refractivity contribution in [3.8, 4) is 11.3 Å². The number of pyridine rings is 1. The summed E-state index contributed by atoms with van der Waals surface area (Å²) in [7, 11) is 1.92. The highest BCUT2D eigenvalue weighted by Crippen LogP contribution is 2.29. The van der Waals surface area contributed by atoms with E-state index in [1.807, 2.05) is 35.4 Å². The van der Waals surface area contributed by atoms with Gasteiger partial charge in [0.15, 0.2) is 0 Å². The zero-order valence-electron chi connectivity index (χ0n) is 19.2. The molecule has 3 aromatic heterocycles. The van der Waals surface area contributed by atoms with Gasteiger partial charge in [-0.1, -0.05) is 38.1 Å². The van der Waals surface area contributed by atoms with Crippen molar-refractivity contribution in [2.45, 2.75) is 32.7 Å². The van der Waals surface area contributed by atoms with Crippen molar-refractivity contribution in [2.75, 3.05) is 13.2 Å². The Bertz CT molecular complexity index is 1290. The minimum Gasteiger partial charge on any atom is -0.381 e. The van der Waals surface area contributed by atoms with Crippen LogP contribution in [0, 0.1) is 5.41 Å². The van der Waals surface area contributed by atoms with E-state index >= 15 is 0 Å². The summed E-state index contributed by atoms with van der Waals surface area (Å²) in [5.74, 6) is -0.114. The lowest BCUT2D eigenvalue weighted by molar-refractivity contribution is -0.0116. The lowest BCUT2D eigenvalue weighted by Gasteiger charge is -2.38. The van der Waals surface area contributed by atoms with E-state index in [1.54, 1.807) is 11.3 Å². The van der Waals surface area contributed by atoms with Crippen molar-refractivity contribution < 1.29 is 9.53 Å². The van der Waals surface area contributed by atoms with Gasteiger partial charge in [0.1, 0.15) is 10.5 Å². The molecule has 0 saturated carbocycles. The standard InChI is InChI=1S/C26H28N4O2S/c1-26(2)16-32-12-9-23(26)28-24(31)22-15-19(20-10-13-33-25(20)27-22)14-17-4-6-18(7-5-17)21-8-11-30(3)29-21/h4-8,10-11,13,15,23H,9,12,14,16H2,1-3H3,(H,28,31). The summed E-state index contributed by atoms with van der Waals surface area (Å²) in [6.45, 7) is 5.58. The molecule has 5 rings (SSSR count). The van der Waals surface area contributed by atoms with Crippen LogP contribution in [-0.4, -0.2) is 39.9 Å². The van der Waals surface area contributed by atoms with Gasteiger partial charge in [-0.05, 0) is 47.5 Å². The second-order valence-corrected chi connectivity index (χ2v) is 10.3. The van der Waals surface area contributed by atoms with E-state index in [4.69, 9.17) is 4.74 Å². The topological polar surface area (TPSA) is 69.0 Å². The first-order valence-electron chi connectivity index (χ1n) is 11.2. The number of nitrogens with zero attached hydrogens (tertiary/aromatic N) is 3. The quantitative estimate of drug-likeness (QED) is 0.463. The van der Waals surface area contributed by atoms with Gasteiger partial charge < -0.3 is 10.1 Å². The number of nitrogens with one attached hydrogen (secondary N) is 1. The van der Waals surface area contributed by atoms with Crippen LogP contribution in [-0.2, 0) is 18.2 Å². The van der Waals surface area contributed by atoms with Crippen LogP contribution < -0.4 is 5.32 Å². The van der Waals surface area contributed by atoms with Gasteiger partial charge in [-0.25, -0.2) is 4.98 Å². The van der Waals surface area contributed by atoms with Crippen LogP contribution in [0.1, 0.15) is 41.9 Å². The van der Waals surface area contributed by atoms with Crippen molar-refractivity contribution in [1.82, 2.24) is 20.1 Å². The third-order valence-corrected chi connectivity index (χ3v) is 7.19. The number of aromatic nitrogens is 3. The van der Waals surface area contributed by atoms with E-state index in [-0.39, 0.29) is 17.4 Å². The Balaban J connectivity index is 1.39. The first-order valence-corrected chi connectivity index (χ1v) is 12.1. The molecule has 33 heavy (non-hydrogen) atoms. The number of hydrogen-bond acceptors (Lipinski definition) is 5. The largest absolute Gasteiger partial charge is 0.381 e. The molecule has 1 aromatic carbocycles. The molecular weight excluding hydrogens is 432 g/mol. The normalized spacial score (nSPS) is 17.8. The van der Waals surface area contributed by atoms with Gasteiger partial charge in [0.25, 0.3) is 5.91 Å². The summed E-state index contributed by atoms with van der Waals surface area (Å²) >= 11 is 1.57. The molecule has 0 radical (unpaired) electrons. The third kappa shape index (κ3) is 4.56. The van der Waals surface area contributed by atoms with Crippen LogP contribution in [0.3, 0.4) is 0 Å². The van der Waals surface area contributed by atoms with Crippen LogP contribution in [0.15, 0.2) is 54.0 Å². The number of fused-ring (bicyclic) bond motifs is 1. The van der Waals surface area contributed by atoms with E-state index in [1.165, 1.54) is 5.56 Å². The smallest absolute Gasteiger partial charge is 0.270 e. The molecule has 1 aliphatic rings. The van der Waals surface area contributed by atoms with Gasteiger partial charge in [0, 0.05) is 42.3 Å². The second-order valence-electron chi connectivity index (χ2n) is 9.41. The van der Waals surface area contributed by atoms with Crippen LogP contribution >= 0.6 is 11.3 Å². The molecule has 1 unspecified atom stereocenters. The van der Waals surface area contributed by atoms with Gasteiger partial charge in [0.05, 0.1) is 12.3 Å². The summed E-state index contributed by atoms with van der Waals surface area (Å²) < 4.78 is 7.41. The maximum atomic E-state index is 13.2. The van der Waals surface area contributed by atoms with Crippen LogP contribution in [0.4, 0.5) is 0 Å². The lowest BCUT2D eigenvalue weighted by Crippen LogP contribution is -2.50. The number of benzene rings is 1. The molecule has 4 heterocycles. The fraction of sp³-hybridized carbons (Fsp3) is 0.346. The monoisotopic (exact) mass is 460 g/mol. The molecule has 1 N–H and O–H groups in total. The van der Waals surface area contributed by atoms with Gasteiger partial charge >= 0.3 is 0 Å². The molecular formula is C26H28N4O2S. The van der Waals surface area contributed by atoms with E-state index in [0.29, 0.717) is 18.9 Å². The molecule has 1 saturated heterocycles. The van der Waals surface area contributed by atoms with E-state index in [0.717, 1.165) is 39.9 Å². The first kappa shape index (κ1) is 21.8. The van der Waals surface area contributed by atoms with Gasteiger partial charge in [-0.2, -0.15) is 5.10 Å². The SMILES string of the molecule is Cn1ccc(-c2ccc(Cc3cc(C(=O)NC4CCOCC4(C)C)nc4sccc34)cc2)n1. The van der Waals surface area contributed by atoms with Gasteiger partial charge in [-0.15, -0.1) is 11.3 Å². The van der Waals surface area contributed by atoms with Crippen molar-refractivity contribution >= 4 is 27.5 Å². The Hall–Kier alpha value is -3.03. The zero-order valence-corrected chi connectivity index (χ0v) is 20.0. The zero-order chi connectivity index (χ0) is 23.0. The number of aryl methyl sites for hydroxylation is 1. The van der Waals surface area contributed by atoms with Gasteiger partial charge in [0.2, 0.25) is 0 Å². The fourth-order valence-corrected chi connectivity index (χ4v) is 5.20. The minimum atomic E-state index is -0.114. The predicted octanol–water partition coefficient (Wildman–Crippen LogP) is 4.83. The van der Waals surface area contributed by atoms with E-state index < -0.39 is 0 Å². The Morgan fingerprint density at radius 3 is 2.79 bits per heavy atom. The first-order chi connectivity index (χ1) is 15.9. The molecule has 0 spiro atoms. The second kappa shape index (κ2) is 8.72. The highest BCUT2D eigenvalue weighted by atomic mass is 32.1. The number of carbonyl (C=O) groups excluding carboxylic acids is 1. The number of amides is 1. The summed E-state index contributed by atoms with van der Waals surface area (Å²) in [6.07, 6.45) is 3.50. The fourth-order valence-electron chi connectivity index (χ4n) is 4.39. The van der Waals surface area contributed by atoms with Crippen molar-refractivity contribution in [3.05, 3.63) is 70.9 Å². The molecule has 4 aromatic rings. The highest BCUT2D eigenvalue weighted by Gasteiger charge is 2.34. The van der Waals surface area contributed by atoms with Crippen LogP contribution in [0.25, 0.3) is 21.5 Å². The molecule has 6 nitrogen and oxygen atoms in total. The van der Waals surface area contributed by atoms with Crippen molar-refractivity contribution in [3.63, 3.8) is 0 Å². The Morgan fingerprint density at radius 1 is 1.24 bits per heavy atom. The number of thiophene rings is 1. The van der Waals surface area contributed by atoms with Crippen molar-refractivity contribution in [1.29, 1.82) is 0 Å². The van der Waals surface area contributed by atoms with Crippen LogP contribution in [0.5, 0.6) is 0 Å².